The minimum Gasteiger partial charge on any atom is -0.379 e. The lowest BCUT2D eigenvalue weighted by Gasteiger charge is -2.18. The van der Waals surface area contributed by atoms with E-state index in [2.05, 4.69) is 5.32 Å². The number of ether oxygens (including phenoxy) is 1. The average molecular weight is 277 g/mol. The Morgan fingerprint density at radius 3 is 3.00 bits per heavy atom. The zero-order chi connectivity index (χ0) is 14.4. The molecule has 3 N–H and O–H groups in total. The van der Waals surface area contributed by atoms with E-state index < -0.39 is 0 Å². The normalized spacial score (nSPS) is 14.1. The third kappa shape index (κ3) is 4.83. The maximum absolute atomic E-state index is 12.0. The quantitative estimate of drug-likeness (QED) is 0.749. The third-order valence-electron chi connectivity index (χ3n) is 3.38. The van der Waals surface area contributed by atoms with Gasteiger partial charge in [0.15, 0.2) is 0 Å². The molecular formula is C15H23N3O2. The van der Waals surface area contributed by atoms with Crippen molar-refractivity contribution in [1.82, 2.24) is 4.90 Å². The molecule has 5 nitrogen and oxygen atoms in total. The van der Waals surface area contributed by atoms with Crippen molar-refractivity contribution in [2.24, 2.45) is 11.7 Å². The number of likely N-dealkylation sites (N-methyl/N-ethyl adjacent to an activating group) is 1. The second-order valence-electron chi connectivity index (χ2n) is 5.27. The Bertz CT molecular complexity index is 446. The van der Waals surface area contributed by atoms with Gasteiger partial charge in [0.05, 0.1) is 6.61 Å². The van der Waals surface area contributed by atoms with E-state index in [0.717, 1.165) is 23.8 Å². The van der Waals surface area contributed by atoms with E-state index in [1.807, 2.05) is 24.3 Å². The van der Waals surface area contributed by atoms with Crippen molar-refractivity contribution in [2.45, 2.75) is 19.4 Å². The lowest BCUT2D eigenvalue weighted by molar-refractivity contribution is 0.109. The summed E-state index contributed by atoms with van der Waals surface area (Å²) in [5.74, 6) is 0.758. The van der Waals surface area contributed by atoms with E-state index in [1.165, 1.54) is 12.8 Å². The van der Waals surface area contributed by atoms with Gasteiger partial charge in [-0.2, -0.15) is 0 Å². The Balaban J connectivity index is 1.71. The van der Waals surface area contributed by atoms with Gasteiger partial charge in [0.25, 0.3) is 0 Å². The summed E-state index contributed by atoms with van der Waals surface area (Å²) in [7, 11) is 1.77. The van der Waals surface area contributed by atoms with Crippen molar-refractivity contribution in [3.8, 4) is 0 Å². The molecule has 0 spiro atoms. The topological polar surface area (TPSA) is 67.6 Å². The minimum atomic E-state index is -0.130. The molecule has 20 heavy (non-hydrogen) atoms. The highest BCUT2D eigenvalue weighted by Crippen LogP contribution is 2.28. The second-order valence-corrected chi connectivity index (χ2v) is 5.27. The molecule has 1 aromatic rings. The van der Waals surface area contributed by atoms with E-state index in [9.17, 15) is 4.79 Å². The maximum Gasteiger partial charge on any atom is 0.321 e. The van der Waals surface area contributed by atoms with Crippen LogP contribution in [0.15, 0.2) is 24.3 Å². The largest absolute Gasteiger partial charge is 0.379 e. The number of urea groups is 1. The summed E-state index contributed by atoms with van der Waals surface area (Å²) in [5.41, 5.74) is 7.35. The summed E-state index contributed by atoms with van der Waals surface area (Å²) >= 11 is 0. The van der Waals surface area contributed by atoms with Crippen molar-refractivity contribution < 1.29 is 9.53 Å². The second kappa shape index (κ2) is 7.26. The molecule has 2 amide bonds. The van der Waals surface area contributed by atoms with Crippen LogP contribution in [0.3, 0.4) is 0 Å². The molecule has 2 rings (SSSR count). The number of benzene rings is 1. The standard InChI is InChI=1S/C15H23N3O2/c1-18(7-8-20-11-12-5-6-12)15(19)17-14-4-2-3-13(9-14)10-16/h2-4,9,12H,5-8,10-11,16H2,1H3,(H,17,19). The van der Waals surface area contributed by atoms with Gasteiger partial charge in [-0.1, -0.05) is 12.1 Å². The smallest absolute Gasteiger partial charge is 0.321 e. The molecule has 0 heterocycles. The number of amides is 2. The summed E-state index contributed by atoms with van der Waals surface area (Å²) in [4.78, 5) is 13.6. The van der Waals surface area contributed by atoms with Crippen LogP contribution in [-0.2, 0) is 11.3 Å². The van der Waals surface area contributed by atoms with Crippen LogP contribution in [0.25, 0.3) is 0 Å². The summed E-state index contributed by atoms with van der Waals surface area (Å²) in [6.07, 6.45) is 2.57. The molecule has 5 heteroatoms. The number of hydrogen-bond acceptors (Lipinski definition) is 3. The van der Waals surface area contributed by atoms with Crippen molar-refractivity contribution in [3.63, 3.8) is 0 Å². The Labute approximate surface area is 120 Å². The van der Waals surface area contributed by atoms with Gasteiger partial charge in [-0.3, -0.25) is 0 Å². The number of nitrogens with two attached hydrogens (primary N) is 1. The first-order chi connectivity index (χ1) is 9.69. The van der Waals surface area contributed by atoms with Gasteiger partial charge in [-0.25, -0.2) is 4.79 Å². The summed E-state index contributed by atoms with van der Waals surface area (Å²) in [5, 5.41) is 2.85. The van der Waals surface area contributed by atoms with Crippen LogP contribution in [0.5, 0.6) is 0 Å². The highest BCUT2D eigenvalue weighted by molar-refractivity contribution is 5.89. The molecule has 0 atom stereocenters. The van der Waals surface area contributed by atoms with Gasteiger partial charge in [0.1, 0.15) is 0 Å². The van der Waals surface area contributed by atoms with Gasteiger partial charge in [-0.05, 0) is 36.5 Å². The Morgan fingerprint density at radius 2 is 2.30 bits per heavy atom. The van der Waals surface area contributed by atoms with E-state index in [0.29, 0.717) is 19.7 Å². The van der Waals surface area contributed by atoms with Crippen molar-refractivity contribution >= 4 is 11.7 Å². The lowest BCUT2D eigenvalue weighted by atomic mass is 10.2. The van der Waals surface area contributed by atoms with Crippen LogP contribution < -0.4 is 11.1 Å². The van der Waals surface area contributed by atoms with Crippen LogP contribution in [0.1, 0.15) is 18.4 Å². The first-order valence-electron chi connectivity index (χ1n) is 7.08. The van der Waals surface area contributed by atoms with Crippen LogP contribution in [0.2, 0.25) is 0 Å². The number of hydrogen-bond donors (Lipinski definition) is 2. The number of carbonyl (C=O) groups is 1. The summed E-state index contributed by atoms with van der Waals surface area (Å²) in [6.45, 7) is 2.47. The van der Waals surface area contributed by atoms with Gasteiger partial charge >= 0.3 is 6.03 Å². The maximum atomic E-state index is 12.0. The molecule has 1 aliphatic carbocycles. The van der Waals surface area contributed by atoms with Gasteiger partial charge < -0.3 is 20.7 Å². The zero-order valence-corrected chi connectivity index (χ0v) is 12.0. The molecule has 0 saturated heterocycles. The molecule has 0 aromatic heterocycles. The third-order valence-corrected chi connectivity index (χ3v) is 3.38. The summed E-state index contributed by atoms with van der Waals surface area (Å²) < 4.78 is 5.53. The molecule has 1 aliphatic rings. The van der Waals surface area contributed by atoms with E-state index >= 15 is 0 Å². The fourth-order valence-electron chi connectivity index (χ4n) is 1.83. The molecule has 1 saturated carbocycles. The molecule has 0 aliphatic heterocycles. The lowest BCUT2D eigenvalue weighted by Crippen LogP contribution is -2.34. The number of nitrogens with zero attached hydrogens (tertiary/aromatic N) is 1. The number of rotatable bonds is 7. The summed E-state index contributed by atoms with van der Waals surface area (Å²) in [6, 6.07) is 7.43. The molecule has 110 valence electrons. The Kier molecular flexibility index (Phi) is 5.38. The first-order valence-corrected chi connectivity index (χ1v) is 7.08. The van der Waals surface area contributed by atoms with Crippen LogP contribution in [0.4, 0.5) is 10.5 Å². The molecule has 0 bridgehead atoms. The van der Waals surface area contributed by atoms with Gasteiger partial charge in [0.2, 0.25) is 0 Å². The van der Waals surface area contributed by atoms with E-state index in [4.69, 9.17) is 10.5 Å². The average Bonchev–Trinajstić information content (AvgIpc) is 3.27. The Hall–Kier alpha value is -1.59. The molecule has 0 radical (unpaired) electrons. The SMILES string of the molecule is CN(CCOCC1CC1)C(=O)Nc1cccc(CN)c1. The highest BCUT2D eigenvalue weighted by atomic mass is 16.5. The van der Waals surface area contributed by atoms with Crippen LogP contribution in [0, 0.1) is 5.92 Å². The van der Waals surface area contributed by atoms with Crippen molar-refractivity contribution in [1.29, 1.82) is 0 Å². The van der Waals surface area contributed by atoms with Crippen molar-refractivity contribution in [2.75, 3.05) is 32.1 Å². The fourth-order valence-corrected chi connectivity index (χ4v) is 1.83. The predicted octanol–water partition coefficient (Wildman–Crippen LogP) is 2.04. The number of nitrogens with one attached hydrogen (secondary N) is 1. The number of carbonyl (C=O) groups excluding carboxylic acids is 1. The molecule has 1 fully saturated rings. The monoisotopic (exact) mass is 277 g/mol. The molecular weight excluding hydrogens is 254 g/mol. The van der Waals surface area contributed by atoms with E-state index in [1.54, 1.807) is 11.9 Å². The highest BCUT2D eigenvalue weighted by Gasteiger charge is 2.21. The number of anilines is 1. The van der Waals surface area contributed by atoms with Crippen LogP contribution >= 0.6 is 0 Å². The van der Waals surface area contributed by atoms with Gasteiger partial charge in [-0.15, -0.1) is 0 Å². The zero-order valence-electron chi connectivity index (χ0n) is 12.0. The fraction of sp³-hybridized carbons (Fsp3) is 0.533. The molecule has 0 unspecified atom stereocenters. The minimum absolute atomic E-state index is 0.130. The predicted molar refractivity (Wildman–Crippen MR) is 79.5 cm³/mol. The van der Waals surface area contributed by atoms with Crippen LogP contribution in [-0.4, -0.2) is 37.7 Å². The Morgan fingerprint density at radius 1 is 1.50 bits per heavy atom. The van der Waals surface area contributed by atoms with Crippen molar-refractivity contribution in [3.05, 3.63) is 29.8 Å². The molecule has 1 aromatic carbocycles. The van der Waals surface area contributed by atoms with E-state index in [-0.39, 0.29) is 6.03 Å². The first kappa shape index (κ1) is 14.8. The van der Waals surface area contributed by atoms with Gasteiger partial charge in [0, 0.05) is 32.4 Å².